The van der Waals surface area contributed by atoms with Gasteiger partial charge in [0, 0.05) is 18.2 Å². The third-order valence-corrected chi connectivity index (χ3v) is 4.48. The van der Waals surface area contributed by atoms with Gasteiger partial charge in [-0.2, -0.15) is 4.68 Å². The molecule has 1 aromatic heterocycles. The van der Waals surface area contributed by atoms with Crippen molar-refractivity contribution < 1.29 is 19.1 Å². The second-order valence-electron chi connectivity index (χ2n) is 7.52. The van der Waals surface area contributed by atoms with Crippen LogP contribution in [0.4, 0.5) is 4.79 Å². The van der Waals surface area contributed by atoms with Gasteiger partial charge in [-0.15, -0.1) is 5.10 Å². The van der Waals surface area contributed by atoms with Crippen molar-refractivity contribution in [3.8, 4) is 5.88 Å². The molecule has 126 valence electrons. The molecular formula is C17H24N2O4. The predicted molar refractivity (Wildman–Crippen MR) is 83.3 cm³/mol. The molecular weight excluding hydrogens is 296 g/mol. The minimum atomic E-state index is -0.581. The van der Waals surface area contributed by atoms with E-state index < -0.39 is 11.7 Å². The minimum absolute atomic E-state index is 0.0270. The summed E-state index contributed by atoms with van der Waals surface area (Å²) in [4.78, 5) is 24.1. The lowest BCUT2D eigenvalue weighted by atomic mass is 9.69. The molecule has 0 bridgehead atoms. The summed E-state index contributed by atoms with van der Waals surface area (Å²) in [6.07, 6.45) is 5.62. The van der Waals surface area contributed by atoms with Crippen LogP contribution in [0, 0.1) is 17.8 Å². The maximum Gasteiger partial charge on any atom is 0.435 e. The number of carbonyl (C=O) groups is 2. The summed E-state index contributed by atoms with van der Waals surface area (Å²) in [6, 6.07) is 1.57. The van der Waals surface area contributed by atoms with Crippen molar-refractivity contribution in [2.45, 2.75) is 52.1 Å². The topological polar surface area (TPSA) is 70.4 Å². The Morgan fingerprint density at radius 1 is 1.26 bits per heavy atom. The van der Waals surface area contributed by atoms with E-state index in [1.165, 1.54) is 25.5 Å². The number of aromatic nitrogens is 2. The van der Waals surface area contributed by atoms with Crippen LogP contribution in [0.3, 0.4) is 0 Å². The molecule has 3 rings (SSSR count). The van der Waals surface area contributed by atoms with Gasteiger partial charge in [-0.25, -0.2) is 4.79 Å². The molecule has 0 amide bonds. The van der Waals surface area contributed by atoms with Gasteiger partial charge in [-0.3, -0.25) is 4.79 Å². The Morgan fingerprint density at radius 2 is 2.00 bits per heavy atom. The molecule has 2 saturated carbocycles. The third kappa shape index (κ3) is 3.92. The van der Waals surface area contributed by atoms with Crippen LogP contribution in [0.15, 0.2) is 12.3 Å². The molecule has 2 aliphatic rings. The lowest BCUT2D eigenvalue weighted by Gasteiger charge is -2.35. The molecule has 2 atom stereocenters. The number of hydrogen-bond acceptors (Lipinski definition) is 5. The van der Waals surface area contributed by atoms with E-state index in [4.69, 9.17) is 9.47 Å². The average Bonchev–Trinajstić information content (AvgIpc) is 3.09. The predicted octanol–water partition coefficient (Wildman–Crippen LogP) is 3.05. The highest BCUT2D eigenvalue weighted by Crippen LogP contribution is 2.50. The molecule has 0 radical (unpaired) electrons. The van der Waals surface area contributed by atoms with Gasteiger partial charge in [0.25, 0.3) is 0 Å². The summed E-state index contributed by atoms with van der Waals surface area (Å²) in [6.45, 7) is 5.40. The van der Waals surface area contributed by atoms with Crippen LogP contribution in [0.1, 0.15) is 46.5 Å². The molecule has 0 aromatic carbocycles. The fourth-order valence-corrected chi connectivity index (χ4v) is 3.06. The molecule has 1 heterocycles. The Bertz CT molecular complexity index is 598. The Morgan fingerprint density at radius 3 is 2.57 bits per heavy atom. The van der Waals surface area contributed by atoms with Gasteiger partial charge in [-0.05, 0) is 58.3 Å². The van der Waals surface area contributed by atoms with Crippen molar-refractivity contribution in [2.75, 3.05) is 6.61 Å². The van der Waals surface area contributed by atoms with Crippen LogP contribution in [0.2, 0.25) is 0 Å². The summed E-state index contributed by atoms with van der Waals surface area (Å²) in [5.74, 6) is 1.93. The van der Waals surface area contributed by atoms with Crippen molar-refractivity contribution in [1.82, 2.24) is 9.78 Å². The lowest BCUT2D eigenvalue weighted by Crippen LogP contribution is -2.37. The highest BCUT2D eigenvalue weighted by Gasteiger charge is 2.45. The molecule has 0 N–H and O–H groups in total. The van der Waals surface area contributed by atoms with Crippen LogP contribution in [-0.4, -0.2) is 33.9 Å². The molecule has 1 aromatic rings. The number of ether oxygens (including phenoxy) is 2. The molecule has 2 unspecified atom stereocenters. The molecule has 6 heteroatoms. The number of hydrogen-bond donors (Lipinski definition) is 0. The number of rotatable bonds is 5. The van der Waals surface area contributed by atoms with E-state index in [9.17, 15) is 9.59 Å². The van der Waals surface area contributed by atoms with Gasteiger partial charge >= 0.3 is 6.09 Å². The first-order chi connectivity index (χ1) is 10.8. The van der Waals surface area contributed by atoms with Crippen molar-refractivity contribution >= 4 is 11.9 Å². The van der Waals surface area contributed by atoms with Crippen molar-refractivity contribution in [3.05, 3.63) is 12.3 Å². The van der Waals surface area contributed by atoms with E-state index in [2.05, 4.69) is 5.10 Å². The minimum Gasteiger partial charge on any atom is -0.469 e. The molecule has 23 heavy (non-hydrogen) atoms. The first kappa shape index (κ1) is 16.0. The van der Waals surface area contributed by atoms with Gasteiger partial charge in [0.1, 0.15) is 12.2 Å². The Labute approximate surface area is 136 Å². The zero-order valence-corrected chi connectivity index (χ0v) is 13.9. The summed E-state index contributed by atoms with van der Waals surface area (Å²) < 4.78 is 11.7. The number of nitrogens with zero attached hydrogens (tertiary/aromatic N) is 2. The Kier molecular flexibility index (Phi) is 4.17. The largest absolute Gasteiger partial charge is 0.469 e. The highest BCUT2D eigenvalue weighted by molar-refractivity contribution is 5.83. The molecule has 2 fully saturated rings. The zero-order chi connectivity index (χ0) is 16.6. The van der Waals surface area contributed by atoms with Crippen LogP contribution < -0.4 is 4.74 Å². The van der Waals surface area contributed by atoms with Crippen LogP contribution >= 0.6 is 0 Å². The smallest absolute Gasteiger partial charge is 0.435 e. The number of ketones is 1. The van der Waals surface area contributed by atoms with E-state index in [0.29, 0.717) is 5.92 Å². The summed E-state index contributed by atoms with van der Waals surface area (Å²) >= 11 is 0. The third-order valence-electron chi connectivity index (χ3n) is 4.48. The molecule has 0 aliphatic heterocycles. The van der Waals surface area contributed by atoms with Crippen molar-refractivity contribution in [2.24, 2.45) is 17.8 Å². The highest BCUT2D eigenvalue weighted by atomic mass is 16.6. The SMILES string of the molecule is CC(C)(C)OC(=O)n1ccc(OCC(=O)C2CCC2C2CC2)n1. The van der Waals surface area contributed by atoms with E-state index in [0.717, 1.165) is 17.0 Å². The number of carbonyl (C=O) groups excluding carboxylic acids is 2. The monoisotopic (exact) mass is 320 g/mol. The summed E-state index contributed by atoms with van der Waals surface area (Å²) in [5.41, 5.74) is -0.581. The average molecular weight is 320 g/mol. The van der Waals surface area contributed by atoms with E-state index >= 15 is 0 Å². The lowest BCUT2D eigenvalue weighted by molar-refractivity contribution is -0.130. The normalized spacial score (nSPS) is 24.0. The molecule has 6 nitrogen and oxygen atoms in total. The summed E-state index contributed by atoms with van der Waals surface area (Å²) in [5, 5.41) is 4.00. The second-order valence-corrected chi connectivity index (χ2v) is 7.52. The molecule has 2 aliphatic carbocycles. The first-order valence-electron chi connectivity index (χ1n) is 8.28. The second kappa shape index (κ2) is 5.98. The van der Waals surface area contributed by atoms with Crippen LogP contribution in [0.25, 0.3) is 0 Å². The zero-order valence-electron chi connectivity index (χ0n) is 13.9. The van der Waals surface area contributed by atoms with Crippen molar-refractivity contribution in [3.63, 3.8) is 0 Å². The van der Waals surface area contributed by atoms with Crippen LogP contribution in [-0.2, 0) is 9.53 Å². The van der Waals surface area contributed by atoms with E-state index in [1.54, 1.807) is 26.8 Å². The Hall–Kier alpha value is -1.85. The first-order valence-corrected chi connectivity index (χ1v) is 8.28. The maximum absolute atomic E-state index is 12.2. The van der Waals surface area contributed by atoms with Gasteiger partial charge in [0.15, 0.2) is 5.78 Å². The van der Waals surface area contributed by atoms with E-state index in [1.807, 2.05) is 0 Å². The quantitative estimate of drug-likeness (QED) is 0.834. The van der Waals surface area contributed by atoms with Gasteiger partial charge in [0.2, 0.25) is 5.88 Å². The van der Waals surface area contributed by atoms with Gasteiger partial charge in [-0.1, -0.05) is 0 Å². The van der Waals surface area contributed by atoms with E-state index in [-0.39, 0.29) is 24.2 Å². The maximum atomic E-state index is 12.2. The Balaban J connectivity index is 1.49. The standard InChI is InChI=1S/C17H24N2O4/c1-17(2,3)23-16(21)19-9-8-15(18-19)22-10-14(20)13-7-6-12(13)11-4-5-11/h8-9,11-13H,4-7,10H2,1-3H3. The van der Waals surface area contributed by atoms with Gasteiger partial charge < -0.3 is 9.47 Å². The fourth-order valence-electron chi connectivity index (χ4n) is 3.06. The molecule has 0 saturated heterocycles. The van der Waals surface area contributed by atoms with Crippen LogP contribution in [0.5, 0.6) is 5.88 Å². The van der Waals surface area contributed by atoms with Crippen molar-refractivity contribution in [1.29, 1.82) is 0 Å². The molecule has 0 spiro atoms. The number of Topliss-reactive ketones (excluding diaryl/α,β-unsaturated/α-hetero) is 1. The summed E-state index contributed by atoms with van der Waals surface area (Å²) in [7, 11) is 0. The van der Waals surface area contributed by atoms with Gasteiger partial charge in [0.05, 0.1) is 0 Å². The fraction of sp³-hybridized carbons (Fsp3) is 0.706.